The van der Waals surface area contributed by atoms with E-state index in [4.69, 9.17) is 22.7 Å². The van der Waals surface area contributed by atoms with E-state index < -0.39 is 10.0 Å². The Bertz CT molecular complexity index is 643. The van der Waals surface area contributed by atoms with Crippen LogP contribution in [0.4, 0.5) is 0 Å². The fourth-order valence-corrected chi connectivity index (χ4v) is 4.91. The van der Waals surface area contributed by atoms with Crippen LogP contribution in [0.3, 0.4) is 0 Å². The number of ether oxygens (including phenoxy) is 1. The maximum absolute atomic E-state index is 12.8. The summed E-state index contributed by atoms with van der Waals surface area (Å²) in [4.78, 5) is 0.552. The first-order chi connectivity index (χ1) is 10.00. The Labute approximate surface area is 130 Å². The standard InChI is InChI=1S/C14H18N2O3S2/c15-14(20)10-4-6-11(7-5-10)21(17,18)16-8-9-19-13-3-1-2-12(13)16/h4-7,12-13H,1-3,8-9H2,(H2,15,20). The summed E-state index contributed by atoms with van der Waals surface area (Å²) in [5.74, 6) is 0. The van der Waals surface area contributed by atoms with Crippen molar-refractivity contribution in [1.82, 2.24) is 4.31 Å². The van der Waals surface area contributed by atoms with Crippen LogP contribution in [-0.4, -0.2) is 43.0 Å². The van der Waals surface area contributed by atoms with Crippen molar-refractivity contribution < 1.29 is 13.2 Å². The number of morpholine rings is 1. The van der Waals surface area contributed by atoms with E-state index in [0.29, 0.717) is 18.7 Å². The number of sulfonamides is 1. The number of rotatable bonds is 3. The molecule has 2 fully saturated rings. The Morgan fingerprint density at radius 3 is 2.67 bits per heavy atom. The lowest BCUT2D eigenvalue weighted by Gasteiger charge is -2.36. The van der Waals surface area contributed by atoms with Crippen molar-refractivity contribution in [2.75, 3.05) is 13.2 Å². The third-order valence-electron chi connectivity index (χ3n) is 4.18. The molecule has 0 radical (unpaired) electrons. The molecule has 0 amide bonds. The maximum Gasteiger partial charge on any atom is 0.243 e. The molecule has 5 nitrogen and oxygen atoms in total. The minimum atomic E-state index is -3.49. The van der Waals surface area contributed by atoms with Gasteiger partial charge in [0.05, 0.1) is 23.6 Å². The molecule has 1 aliphatic heterocycles. The Kier molecular flexibility index (Phi) is 4.00. The molecule has 7 heteroatoms. The smallest absolute Gasteiger partial charge is 0.243 e. The number of benzene rings is 1. The lowest BCUT2D eigenvalue weighted by atomic mass is 10.2. The molecule has 21 heavy (non-hydrogen) atoms. The van der Waals surface area contributed by atoms with Crippen LogP contribution >= 0.6 is 12.2 Å². The summed E-state index contributed by atoms with van der Waals surface area (Å²) in [5, 5.41) is 0. The van der Waals surface area contributed by atoms with Gasteiger partial charge in [-0.3, -0.25) is 0 Å². The molecule has 2 unspecified atom stereocenters. The Hall–Kier alpha value is -1.02. The van der Waals surface area contributed by atoms with Crippen molar-refractivity contribution in [3.63, 3.8) is 0 Å². The van der Waals surface area contributed by atoms with Gasteiger partial charge in [-0.05, 0) is 31.4 Å². The predicted molar refractivity (Wildman–Crippen MR) is 83.6 cm³/mol. The van der Waals surface area contributed by atoms with Crippen LogP contribution in [0.1, 0.15) is 24.8 Å². The summed E-state index contributed by atoms with van der Waals surface area (Å²) in [6, 6.07) is 6.43. The quantitative estimate of drug-likeness (QED) is 0.847. The van der Waals surface area contributed by atoms with Crippen LogP contribution in [0.2, 0.25) is 0 Å². The average Bonchev–Trinajstić information content (AvgIpc) is 2.95. The van der Waals surface area contributed by atoms with Gasteiger partial charge in [-0.15, -0.1) is 0 Å². The maximum atomic E-state index is 12.8. The number of hydrogen-bond acceptors (Lipinski definition) is 4. The third-order valence-corrected chi connectivity index (χ3v) is 6.35. The lowest BCUT2D eigenvalue weighted by Crippen LogP contribution is -2.51. The fourth-order valence-electron chi connectivity index (χ4n) is 3.12. The highest BCUT2D eigenvalue weighted by Crippen LogP contribution is 2.33. The summed E-state index contributed by atoms with van der Waals surface area (Å²) in [7, 11) is -3.49. The van der Waals surface area contributed by atoms with Gasteiger partial charge in [-0.25, -0.2) is 8.42 Å². The number of nitrogens with two attached hydrogens (primary N) is 1. The summed E-state index contributed by atoms with van der Waals surface area (Å²) < 4.78 is 32.9. The topological polar surface area (TPSA) is 72.6 Å². The van der Waals surface area contributed by atoms with Crippen LogP contribution in [0.5, 0.6) is 0 Å². The molecular weight excluding hydrogens is 308 g/mol. The first-order valence-corrected chi connectivity index (χ1v) is 8.88. The molecule has 0 bridgehead atoms. The lowest BCUT2D eigenvalue weighted by molar-refractivity contribution is -0.0241. The molecule has 1 aromatic carbocycles. The first-order valence-electron chi connectivity index (χ1n) is 7.03. The fraction of sp³-hybridized carbons (Fsp3) is 0.500. The van der Waals surface area contributed by atoms with E-state index in [9.17, 15) is 8.42 Å². The van der Waals surface area contributed by atoms with E-state index >= 15 is 0 Å². The van der Waals surface area contributed by atoms with Gasteiger partial charge in [0, 0.05) is 12.1 Å². The molecule has 0 spiro atoms. The molecule has 1 aromatic rings. The number of thiocarbonyl (C=S) groups is 1. The van der Waals surface area contributed by atoms with Gasteiger partial charge >= 0.3 is 0 Å². The van der Waals surface area contributed by atoms with E-state index in [0.717, 1.165) is 19.3 Å². The van der Waals surface area contributed by atoms with Crippen molar-refractivity contribution in [3.8, 4) is 0 Å². The second-order valence-corrected chi connectivity index (χ2v) is 7.74. The Morgan fingerprint density at radius 2 is 2.00 bits per heavy atom. The van der Waals surface area contributed by atoms with E-state index in [1.807, 2.05) is 0 Å². The molecule has 3 rings (SSSR count). The van der Waals surface area contributed by atoms with Gasteiger partial charge in [0.25, 0.3) is 0 Å². The normalized spacial score (nSPS) is 26.5. The molecule has 1 aliphatic carbocycles. The first kappa shape index (κ1) is 14.9. The van der Waals surface area contributed by atoms with Crippen LogP contribution in [-0.2, 0) is 14.8 Å². The van der Waals surface area contributed by atoms with Crippen molar-refractivity contribution in [1.29, 1.82) is 0 Å². The minimum Gasteiger partial charge on any atom is -0.389 e. The minimum absolute atomic E-state index is 0.0287. The van der Waals surface area contributed by atoms with E-state index in [1.165, 1.54) is 0 Å². The van der Waals surface area contributed by atoms with Gasteiger partial charge in [0.15, 0.2) is 0 Å². The molecule has 1 saturated heterocycles. The van der Waals surface area contributed by atoms with Crippen molar-refractivity contribution in [2.24, 2.45) is 5.73 Å². The zero-order valence-corrected chi connectivity index (χ0v) is 13.2. The third kappa shape index (κ3) is 2.70. The van der Waals surface area contributed by atoms with Crippen LogP contribution < -0.4 is 5.73 Å². The van der Waals surface area contributed by atoms with E-state index in [1.54, 1.807) is 28.6 Å². The molecule has 1 saturated carbocycles. The molecule has 114 valence electrons. The van der Waals surface area contributed by atoms with Crippen molar-refractivity contribution in [2.45, 2.75) is 36.3 Å². The average molecular weight is 326 g/mol. The van der Waals surface area contributed by atoms with Crippen LogP contribution in [0.15, 0.2) is 29.2 Å². The monoisotopic (exact) mass is 326 g/mol. The van der Waals surface area contributed by atoms with E-state index in [-0.39, 0.29) is 22.0 Å². The molecular formula is C14H18N2O3S2. The Balaban J connectivity index is 1.90. The summed E-state index contributed by atoms with van der Waals surface area (Å²) in [5.41, 5.74) is 6.21. The highest BCUT2D eigenvalue weighted by atomic mass is 32.2. The largest absolute Gasteiger partial charge is 0.389 e. The van der Waals surface area contributed by atoms with Gasteiger partial charge in [-0.1, -0.05) is 24.4 Å². The molecule has 0 aromatic heterocycles. The summed E-state index contributed by atoms with van der Waals surface area (Å²) in [6.45, 7) is 0.881. The zero-order valence-electron chi connectivity index (χ0n) is 11.6. The predicted octanol–water partition coefficient (Wildman–Crippen LogP) is 1.26. The number of nitrogens with zero attached hydrogens (tertiary/aromatic N) is 1. The molecule has 2 aliphatic rings. The summed E-state index contributed by atoms with van der Waals surface area (Å²) >= 11 is 4.89. The summed E-state index contributed by atoms with van der Waals surface area (Å²) in [6.07, 6.45) is 2.87. The highest BCUT2D eigenvalue weighted by Gasteiger charge is 2.42. The van der Waals surface area contributed by atoms with Gasteiger partial charge in [-0.2, -0.15) is 4.31 Å². The van der Waals surface area contributed by atoms with Crippen molar-refractivity contribution in [3.05, 3.63) is 29.8 Å². The number of fused-ring (bicyclic) bond motifs is 1. The molecule has 2 N–H and O–H groups in total. The van der Waals surface area contributed by atoms with Gasteiger partial charge < -0.3 is 10.5 Å². The SMILES string of the molecule is NC(=S)c1ccc(S(=O)(=O)N2CCOC3CCCC32)cc1. The zero-order chi connectivity index (χ0) is 15.0. The second kappa shape index (κ2) is 5.64. The van der Waals surface area contributed by atoms with E-state index in [2.05, 4.69) is 0 Å². The molecule has 1 heterocycles. The highest BCUT2D eigenvalue weighted by molar-refractivity contribution is 7.89. The second-order valence-electron chi connectivity index (χ2n) is 5.41. The van der Waals surface area contributed by atoms with Crippen LogP contribution in [0, 0.1) is 0 Å². The van der Waals surface area contributed by atoms with Crippen molar-refractivity contribution >= 4 is 27.2 Å². The Morgan fingerprint density at radius 1 is 1.29 bits per heavy atom. The van der Waals surface area contributed by atoms with Gasteiger partial charge in [0.2, 0.25) is 10.0 Å². The van der Waals surface area contributed by atoms with Crippen LogP contribution in [0.25, 0.3) is 0 Å². The molecule has 2 atom stereocenters. The number of hydrogen-bond donors (Lipinski definition) is 1. The van der Waals surface area contributed by atoms with Gasteiger partial charge in [0.1, 0.15) is 4.99 Å².